The molecule has 1 aliphatic heterocycles. The lowest BCUT2D eigenvalue weighted by molar-refractivity contribution is -0.136. The number of nitrogens with zero attached hydrogens (tertiary/aromatic N) is 4. The molecule has 4 amide bonds. The standard InChI is InChI=1S/C16H12N2O3.C7H9N5/c19-13-16(11-7-3-1-4-8-11,12-9-5-2-6-10-12)14(20)18-15(21)17-13;1-2-12-4-11-5-6(8)9-3-10-7(5)12/h1-10H,(H2,17,18,19,20,21);3-4H,2H2,1H3,(H2,8,9,10). The van der Waals surface area contributed by atoms with Crippen LogP contribution in [-0.4, -0.2) is 37.4 Å². The maximum atomic E-state index is 12.5. The molecule has 166 valence electrons. The third-order valence-electron chi connectivity index (χ3n) is 5.32. The fourth-order valence-corrected chi connectivity index (χ4v) is 3.73. The number of anilines is 1. The van der Waals surface area contributed by atoms with E-state index in [1.165, 1.54) is 6.33 Å². The number of hydrogen-bond acceptors (Lipinski definition) is 7. The molecular weight excluding hydrogens is 422 g/mol. The van der Waals surface area contributed by atoms with Gasteiger partial charge in [0.2, 0.25) is 0 Å². The van der Waals surface area contributed by atoms with Gasteiger partial charge in [0, 0.05) is 6.54 Å². The van der Waals surface area contributed by atoms with Crippen LogP contribution in [0.2, 0.25) is 0 Å². The highest BCUT2D eigenvalue weighted by atomic mass is 16.2. The molecule has 0 spiro atoms. The van der Waals surface area contributed by atoms with E-state index in [0.717, 1.165) is 12.2 Å². The van der Waals surface area contributed by atoms with Crippen LogP contribution in [0.1, 0.15) is 18.1 Å². The number of barbiturate groups is 1. The summed E-state index contributed by atoms with van der Waals surface area (Å²) < 4.78 is 1.92. The molecule has 33 heavy (non-hydrogen) atoms. The van der Waals surface area contributed by atoms with Gasteiger partial charge in [0.1, 0.15) is 11.8 Å². The van der Waals surface area contributed by atoms with Crippen LogP contribution in [0.3, 0.4) is 0 Å². The fourth-order valence-electron chi connectivity index (χ4n) is 3.73. The summed E-state index contributed by atoms with van der Waals surface area (Å²) in [5.74, 6) is -0.852. The van der Waals surface area contributed by atoms with Crippen molar-refractivity contribution in [2.24, 2.45) is 0 Å². The Bertz CT molecular complexity index is 1260. The predicted octanol–water partition coefficient (Wildman–Crippen LogP) is 1.77. The summed E-state index contributed by atoms with van der Waals surface area (Å²) in [4.78, 5) is 48.5. The number of rotatable bonds is 3. The summed E-state index contributed by atoms with van der Waals surface area (Å²) in [6.45, 7) is 2.87. The van der Waals surface area contributed by atoms with Crippen molar-refractivity contribution in [2.45, 2.75) is 18.9 Å². The molecule has 2 aromatic heterocycles. The number of aryl methyl sites for hydroxylation is 1. The first-order valence-electron chi connectivity index (χ1n) is 10.2. The number of imidazole rings is 1. The minimum absolute atomic E-state index is 0.437. The van der Waals surface area contributed by atoms with E-state index < -0.39 is 23.3 Å². The first-order valence-corrected chi connectivity index (χ1v) is 10.2. The third-order valence-corrected chi connectivity index (χ3v) is 5.32. The van der Waals surface area contributed by atoms with Gasteiger partial charge in [-0.25, -0.2) is 19.7 Å². The Hall–Kier alpha value is -4.60. The van der Waals surface area contributed by atoms with Crippen LogP contribution in [0, 0.1) is 0 Å². The Balaban J connectivity index is 0.000000183. The molecule has 0 aliphatic carbocycles. The van der Waals surface area contributed by atoms with E-state index in [1.54, 1.807) is 67.0 Å². The number of benzene rings is 2. The summed E-state index contributed by atoms with van der Waals surface area (Å²) in [6.07, 6.45) is 3.17. The fraction of sp³-hybridized carbons (Fsp3) is 0.130. The number of nitrogen functional groups attached to an aromatic ring is 1. The van der Waals surface area contributed by atoms with Crippen molar-refractivity contribution in [3.8, 4) is 0 Å². The van der Waals surface area contributed by atoms with Crippen molar-refractivity contribution in [1.82, 2.24) is 30.2 Å². The molecule has 1 saturated heterocycles. The van der Waals surface area contributed by atoms with E-state index in [2.05, 4.69) is 25.6 Å². The Morgan fingerprint density at radius 3 is 1.91 bits per heavy atom. The van der Waals surface area contributed by atoms with Gasteiger partial charge < -0.3 is 10.3 Å². The van der Waals surface area contributed by atoms with Crippen molar-refractivity contribution in [3.63, 3.8) is 0 Å². The Kier molecular flexibility index (Phi) is 5.81. The van der Waals surface area contributed by atoms with Gasteiger partial charge in [-0.05, 0) is 18.1 Å². The highest BCUT2D eigenvalue weighted by Gasteiger charge is 2.53. The molecule has 1 fully saturated rings. The number of hydrogen-bond donors (Lipinski definition) is 3. The van der Waals surface area contributed by atoms with E-state index in [4.69, 9.17) is 5.73 Å². The molecule has 4 N–H and O–H groups in total. The lowest BCUT2D eigenvalue weighted by Gasteiger charge is -2.34. The molecule has 2 aromatic carbocycles. The third kappa shape index (κ3) is 3.78. The minimum atomic E-state index is -1.56. The summed E-state index contributed by atoms with van der Waals surface area (Å²) in [7, 11) is 0. The number of aromatic nitrogens is 4. The largest absolute Gasteiger partial charge is 0.382 e. The zero-order chi connectivity index (χ0) is 23.4. The van der Waals surface area contributed by atoms with E-state index in [1.807, 2.05) is 11.5 Å². The second kappa shape index (κ2) is 8.87. The monoisotopic (exact) mass is 443 g/mol. The normalized spacial score (nSPS) is 14.8. The summed E-state index contributed by atoms with van der Waals surface area (Å²) >= 11 is 0. The van der Waals surface area contributed by atoms with Gasteiger partial charge in [0.05, 0.1) is 6.33 Å². The molecule has 0 bridgehead atoms. The zero-order valence-electron chi connectivity index (χ0n) is 17.7. The first-order chi connectivity index (χ1) is 16.0. The summed E-state index contributed by atoms with van der Waals surface area (Å²) in [5, 5.41) is 4.38. The number of imide groups is 2. The summed E-state index contributed by atoms with van der Waals surface area (Å²) in [6, 6.07) is 16.6. The van der Waals surface area contributed by atoms with Crippen molar-refractivity contribution in [2.75, 3.05) is 5.73 Å². The van der Waals surface area contributed by atoms with Crippen molar-refractivity contribution < 1.29 is 14.4 Å². The van der Waals surface area contributed by atoms with E-state index in [-0.39, 0.29) is 0 Å². The Labute approximate surface area is 188 Å². The van der Waals surface area contributed by atoms with Gasteiger partial charge in [0.25, 0.3) is 11.8 Å². The molecule has 3 heterocycles. The number of urea groups is 1. The molecule has 10 nitrogen and oxygen atoms in total. The van der Waals surface area contributed by atoms with Crippen molar-refractivity contribution in [1.29, 1.82) is 0 Å². The molecule has 0 atom stereocenters. The molecule has 0 radical (unpaired) electrons. The smallest absolute Gasteiger partial charge is 0.328 e. The number of amides is 4. The average Bonchev–Trinajstić information content (AvgIpc) is 3.25. The number of carbonyl (C=O) groups excluding carboxylic acids is 3. The highest BCUT2D eigenvalue weighted by Crippen LogP contribution is 2.34. The topological polar surface area (TPSA) is 145 Å². The lowest BCUT2D eigenvalue weighted by Crippen LogP contribution is -2.65. The molecular formula is C23H21N7O3. The summed E-state index contributed by atoms with van der Waals surface area (Å²) in [5.41, 5.74) is 6.54. The van der Waals surface area contributed by atoms with Crippen molar-refractivity contribution in [3.05, 3.63) is 84.4 Å². The van der Waals surface area contributed by atoms with Crippen LogP contribution in [-0.2, 0) is 21.5 Å². The van der Waals surface area contributed by atoms with Gasteiger partial charge in [0.15, 0.2) is 16.9 Å². The zero-order valence-corrected chi connectivity index (χ0v) is 17.7. The van der Waals surface area contributed by atoms with Crippen LogP contribution in [0.25, 0.3) is 11.2 Å². The van der Waals surface area contributed by atoms with Gasteiger partial charge >= 0.3 is 6.03 Å². The van der Waals surface area contributed by atoms with Crippen LogP contribution in [0.15, 0.2) is 73.3 Å². The van der Waals surface area contributed by atoms with Crippen LogP contribution < -0.4 is 16.4 Å². The number of fused-ring (bicyclic) bond motifs is 1. The second-order valence-electron chi connectivity index (χ2n) is 7.18. The minimum Gasteiger partial charge on any atom is -0.382 e. The average molecular weight is 443 g/mol. The van der Waals surface area contributed by atoms with Gasteiger partial charge in [-0.2, -0.15) is 0 Å². The van der Waals surface area contributed by atoms with Crippen molar-refractivity contribution >= 4 is 34.8 Å². The van der Waals surface area contributed by atoms with Gasteiger partial charge in [-0.1, -0.05) is 60.7 Å². The molecule has 10 heteroatoms. The predicted molar refractivity (Wildman–Crippen MR) is 121 cm³/mol. The SMILES string of the molecule is CCn1cnc2c(N)ncnc21.O=C1NC(=O)C(c2ccccc2)(c2ccccc2)C(=O)N1. The second-order valence-corrected chi connectivity index (χ2v) is 7.18. The Morgan fingerprint density at radius 2 is 1.39 bits per heavy atom. The van der Waals surface area contributed by atoms with Gasteiger partial charge in [-0.3, -0.25) is 20.2 Å². The molecule has 0 saturated carbocycles. The maximum absolute atomic E-state index is 12.5. The number of carbonyl (C=O) groups is 3. The van der Waals surface area contributed by atoms with E-state index in [9.17, 15) is 14.4 Å². The van der Waals surface area contributed by atoms with E-state index >= 15 is 0 Å². The van der Waals surface area contributed by atoms with E-state index in [0.29, 0.717) is 22.5 Å². The molecule has 1 aliphatic rings. The lowest BCUT2D eigenvalue weighted by atomic mass is 9.72. The first kappa shape index (κ1) is 21.6. The quantitative estimate of drug-likeness (QED) is 0.409. The highest BCUT2D eigenvalue weighted by molar-refractivity contribution is 6.25. The molecule has 4 aromatic rings. The molecule has 0 unspecified atom stereocenters. The number of nitrogens with two attached hydrogens (primary N) is 1. The van der Waals surface area contributed by atoms with Crippen LogP contribution in [0.5, 0.6) is 0 Å². The van der Waals surface area contributed by atoms with Crippen LogP contribution in [0.4, 0.5) is 10.6 Å². The molecule has 5 rings (SSSR count). The number of nitrogens with one attached hydrogen (secondary N) is 2. The van der Waals surface area contributed by atoms with Crippen LogP contribution >= 0.6 is 0 Å². The Morgan fingerprint density at radius 1 is 0.848 bits per heavy atom. The van der Waals surface area contributed by atoms with Gasteiger partial charge in [-0.15, -0.1) is 0 Å². The maximum Gasteiger partial charge on any atom is 0.328 e.